The van der Waals surface area contributed by atoms with Gasteiger partial charge in [0.25, 0.3) is 0 Å². The molecule has 0 radical (unpaired) electrons. The third-order valence-electron chi connectivity index (χ3n) is 3.08. The first kappa shape index (κ1) is 16.8. The number of benzene rings is 1. The van der Waals surface area contributed by atoms with Gasteiger partial charge in [0.15, 0.2) is 5.78 Å². The predicted molar refractivity (Wildman–Crippen MR) is 77.1 cm³/mol. The summed E-state index contributed by atoms with van der Waals surface area (Å²) in [5, 5.41) is 8.93. The SMILES string of the molecule is CC(=O)c1cccc(S(=O)(=O)NCC(C)(C)CCO)c1. The van der Waals surface area contributed by atoms with Crippen LogP contribution in [0.3, 0.4) is 0 Å². The Balaban J connectivity index is 2.89. The number of aliphatic hydroxyl groups excluding tert-OH is 1. The molecule has 0 aromatic heterocycles. The van der Waals surface area contributed by atoms with Crippen molar-refractivity contribution < 1.29 is 18.3 Å². The molecular formula is C14H21NO4S. The Morgan fingerprint density at radius 2 is 2.00 bits per heavy atom. The molecule has 0 atom stereocenters. The Bertz CT molecular complexity index is 579. The van der Waals surface area contributed by atoms with Gasteiger partial charge in [0.05, 0.1) is 4.90 Å². The fourth-order valence-corrected chi connectivity index (χ4v) is 2.93. The first-order chi connectivity index (χ1) is 9.18. The summed E-state index contributed by atoms with van der Waals surface area (Å²) >= 11 is 0. The quantitative estimate of drug-likeness (QED) is 0.749. The van der Waals surface area contributed by atoms with Crippen LogP contribution in [0.15, 0.2) is 29.2 Å². The zero-order valence-corrected chi connectivity index (χ0v) is 12.8. The van der Waals surface area contributed by atoms with E-state index in [1.807, 2.05) is 13.8 Å². The number of Topliss-reactive ketones (excluding diaryl/α,β-unsaturated/α-hetero) is 1. The van der Waals surface area contributed by atoms with Gasteiger partial charge in [-0.3, -0.25) is 4.79 Å². The summed E-state index contributed by atoms with van der Waals surface area (Å²) in [5.41, 5.74) is 0.0301. The van der Waals surface area contributed by atoms with E-state index in [1.165, 1.54) is 19.1 Å². The van der Waals surface area contributed by atoms with Crippen LogP contribution in [0.2, 0.25) is 0 Å². The van der Waals surface area contributed by atoms with E-state index in [9.17, 15) is 13.2 Å². The third-order valence-corrected chi connectivity index (χ3v) is 4.48. The molecule has 6 heteroatoms. The van der Waals surface area contributed by atoms with Gasteiger partial charge in [0.1, 0.15) is 0 Å². The monoisotopic (exact) mass is 299 g/mol. The summed E-state index contributed by atoms with van der Waals surface area (Å²) in [7, 11) is -3.65. The van der Waals surface area contributed by atoms with Crippen molar-refractivity contribution in [2.45, 2.75) is 32.1 Å². The van der Waals surface area contributed by atoms with Crippen LogP contribution in [0.4, 0.5) is 0 Å². The lowest BCUT2D eigenvalue weighted by Gasteiger charge is -2.23. The number of ketones is 1. The number of rotatable bonds is 7. The second-order valence-corrected chi connectivity index (χ2v) is 7.31. The highest BCUT2D eigenvalue weighted by molar-refractivity contribution is 7.89. The predicted octanol–water partition coefficient (Wildman–Crippen LogP) is 1.58. The van der Waals surface area contributed by atoms with E-state index in [2.05, 4.69) is 4.72 Å². The first-order valence-corrected chi connectivity index (χ1v) is 7.88. The molecule has 1 rings (SSSR count). The van der Waals surface area contributed by atoms with Crippen molar-refractivity contribution in [3.8, 4) is 0 Å². The van der Waals surface area contributed by atoms with Crippen LogP contribution in [-0.4, -0.2) is 32.5 Å². The van der Waals surface area contributed by atoms with Gasteiger partial charge < -0.3 is 5.11 Å². The molecule has 0 spiro atoms. The second kappa shape index (κ2) is 6.47. The number of hydrogen-bond donors (Lipinski definition) is 2. The summed E-state index contributed by atoms with van der Waals surface area (Å²) in [5.74, 6) is -0.178. The zero-order valence-electron chi connectivity index (χ0n) is 12.0. The van der Waals surface area contributed by atoms with Crippen LogP contribution < -0.4 is 4.72 Å². The Hall–Kier alpha value is -1.24. The van der Waals surface area contributed by atoms with Crippen LogP contribution in [0.25, 0.3) is 0 Å². The molecule has 20 heavy (non-hydrogen) atoms. The lowest BCUT2D eigenvalue weighted by atomic mass is 9.90. The van der Waals surface area contributed by atoms with E-state index in [4.69, 9.17) is 5.11 Å². The lowest BCUT2D eigenvalue weighted by Crippen LogP contribution is -2.34. The number of carbonyl (C=O) groups excluding carboxylic acids is 1. The third kappa shape index (κ3) is 4.70. The molecule has 0 unspecified atom stereocenters. The summed E-state index contributed by atoms with van der Waals surface area (Å²) in [4.78, 5) is 11.4. The Morgan fingerprint density at radius 1 is 1.35 bits per heavy atom. The maximum Gasteiger partial charge on any atom is 0.240 e. The van der Waals surface area contributed by atoms with E-state index in [-0.39, 0.29) is 29.2 Å². The molecule has 0 aliphatic carbocycles. The van der Waals surface area contributed by atoms with Crippen molar-refractivity contribution in [1.82, 2.24) is 4.72 Å². The molecule has 0 heterocycles. The van der Waals surface area contributed by atoms with E-state index in [1.54, 1.807) is 12.1 Å². The van der Waals surface area contributed by atoms with Gasteiger partial charge in [-0.1, -0.05) is 26.0 Å². The number of nitrogens with one attached hydrogen (secondary N) is 1. The highest BCUT2D eigenvalue weighted by atomic mass is 32.2. The van der Waals surface area contributed by atoms with E-state index < -0.39 is 10.0 Å². The average molecular weight is 299 g/mol. The van der Waals surface area contributed by atoms with Gasteiger partial charge in [-0.25, -0.2) is 13.1 Å². The van der Waals surface area contributed by atoms with Gasteiger partial charge in [0, 0.05) is 18.7 Å². The first-order valence-electron chi connectivity index (χ1n) is 6.39. The van der Waals surface area contributed by atoms with Crippen molar-refractivity contribution in [2.75, 3.05) is 13.2 Å². The van der Waals surface area contributed by atoms with Crippen LogP contribution in [0.5, 0.6) is 0 Å². The molecule has 0 aliphatic heterocycles. The molecule has 0 saturated carbocycles. The molecule has 0 saturated heterocycles. The number of sulfonamides is 1. The molecule has 112 valence electrons. The Morgan fingerprint density at radius 3 is 2.55 bits per heavy atom. The van der Waals surface area contributed by atoms with Gasteiger partial charge in [0.2, 0.25) is 10.0 Å². The number of carbonyl (C=O) groups is 1. The molecule has 0 amide bonds. The minimum atomic E-state index is -3.65. The maximum atomic E-state index is 12.2. The summed E-state index contributed by atoms with van der Waals surface area (Å²) in [6.07, 6.45) is 0.503. The Labute approximate surface area is 120 Å². The largest absolute Gasteiger partial charge is 0.396 e. The molecule has 0 fully saturated rings. The summed E-state index contributed by atoms with van der Waals surface area (Å²) in [6, 6.07) is 5.94. The van der Waals surface area contributed by atoms with Crippen molar-refractivity contribution >= 4 is 15.8 Å². The zero-order chi connectivity index (χ0) is 15.4. The molecule has 0 aliphatic rings. The molecule has 5 nitrogen and oxygen atoms in total. The second-order valence-electron chi connectivity index (χ2n) is 5.55. The standard InChI is InChI=1S/C14H21NO4S/c1-11(17)12-5-4-6-13(9-12)20(18,19)15-10-14(2,3)7-8-16/h4-6,9,15-16H,7-8,10H2,1-3H3. The van der Waals surface area contributed by atoms with Gasteiger partial charge >= 0.3 is 0 Å². The smallest absolute Gasteiger partial charge is 0.240 e. The normalized spacial score (nSPS) is 12.4. The van der Waals surface area contributed by atoms with E-state index in [0.717, 1.165) is 0 Å². The van der Waals surface area contributed by atoms with Crippen molar-refractivity contribution in [3.05, 3.63) is 29.8 Å². The number of hydrogen-bond acceptors (Lipinski definition) is 4. The van der Waals surface area contributed by atoms with Crippen molar-refractivity contribution in [3.63, 3.8) is 0 Å². The highest BCUT2D eigenvalue weighted by Gasteiger charge is 2.22. The van der Waals surface area contributed by atoms with Crippen LogP contribution >= 0.6 is 0 Å². The summed E-state index contributed by atoms with van der Waals surface area (Å²) < 4.78 is 26.9. The topological polar surface area (TPSA) is 83.5 Å². The van der Waals surface area contributed by atoms with Gasteiger partial charge in [-0.2, -0.15) is 0 Å². The van der Waals surface area contributed by atoms with E-state index in [0.29, 0.717) is 12.0 Å². The van der Waals surface area contributed by atoms with Crippen LogP contribution in [0.1, 0.15) is 37.6 Å². The molecule has 0 bridgehead atoms. The molecule has 2 N–H and O–H groups in total. The summed E-state index contributed by atoms with van der Waals surface area (Å²) in [6.45, 7) is 5.37. The maximum absolute atomic E-state index is 12.2. The lowest BCUT2D eigenvalue weighted by molar-refractivity contribution is 0.101. The van der Waals surface area contributed by atoms with Gasteiger partial charge in [-0.15, -0.1) is 0 Å². The van der Waals surface area contributed by atoms with Gasteiger partial charge in [-0.05, 0) is 30.9 Å². The van der Waals surface area contributed by atoms with Crippen LogP contribution in [-0.2, 0) is 10.0 Å². The van der Waals surface area contributed by atoms with Crippen molar-refractivity contribution in [1.29, 1.82) is 0 Å². The Kier molecular flexibility index (Phi) is 5.44. The van der Waals surface area contributed by atoms with E-state index >= 15 is 0 Å². The molecule has 1 aromatic rings. The average Bonchev–Trinajstić information content (AvgIpc) is 2.37. The fraction of sp³-hybridized carbons (Fsp3) is 0.500. The van der Waals surface area contributed by atoms with Crippen molar-refractivity contribution in [2.24, 2.45) is 5.41 Å². The molecular weight excluding hydrogens is 278 g/mol. The number of aliphatic hydroxyl groups is 1. The molecule has 1 aromatic carbocycles. The minimum Gasteiger partial charge on any atom is -0.396 e. The fourth-order valence-electron chi connectivity index (χ4n) is 1.65. The highest BCUT2D eigenvalue weighted by Crippen LogP contribution is 2.20. The van der Waals surface area contributed by atoms with Crippen LogP contribution in [0, 0.1) is 5.41 Å². The minimum absolute atomic E-state index is 0.00848.